The number of nitrogens with zero attached hydrogens (tertiary/aromatic N) is 2. The van der Waals surface area contributed by atoms with Crippen molar-refractivity contribution in [1.29, 1.82) is 0 Å². The molecule has 0 unspecified atom stereocenters. The highest BCUT2D eigenvalue weighted by Crippen LogP contribution is 2.21. The van der Waals surface area contributed by atoms with E-state index in [1.807, 2.05) is 31.3 Å². The predicted octanol–water partition coefficient (Wildman–Crippen LogP) is 3.77. The maximum Gasteiger partial charge on any atom is 0.192 e. The Hall–Kier alpha value is -1.88. The minimum Gasteiger partial charge on any atom is -0.441 e. The van der Waals surface area contributed by atoms with Gasteiger partial charge in [-0.05, 0) is 24.6 Å². The van der Waals surface area contributed by atoms with Gasteiger partial charge >= 0.3 is 0 Å². The van der Waals surface area contributed by atoms with E-state index in [0.717, 1.165) is 29.8 Å². The monoisotopic (exact) mass is 273 g/mol. The van der Waals surface area contributed by atoms with Gasteiger partial charge in [-0.25, -0.2) is 9.97 Å². The maximum atomic E-state index is 5.46. The summed E-state index contributed by atoms with van der Waals surface area (Å²) in [4.78, 5) is 9.92. The summed E-state index contributed by atoms with van der Waals surface area (Å²) in [7, 11) is 0. The number of fused-ring (bicyclic) bond motifs is 1. The fourth-order valence-electron chi connectivity index (χ4n) is 1.93. The van der Waals surface area contributed by atoms with Crippen molar-refractivity contribution in [3.8, 4) is 0 Å². The summed E-state index contributed by atoms with van der Waals surface area (Å²) in [6.45, 7) is 4.77. The molecular weight excluding hydrogens is 258 g/mol. The van der Waals surface area contributed by atoms with Gasteiger partial charge in [0.25, 0.3) is 0 Å². The second-order valence-electron chi connectivity index (χ2n) is 4.34. The number of oxazole rings is 1. The third-order valence-electron chi connectivity index (χ3n) is 2.87. The standard InChI is InChI=1S/C14H15N3OS/c1-3-14-16-8-11(19-14)7-15-10-4-5-13-12(6-10)17-9(2)18-13/h4-6,8,15H,3,7H2,1-2H3. The van der Waals surface area contributed by atoms with Crippen molar-refractivity contribution < 1.29 is 4.42 Å². The largest absolute Gasteiger partial charge is 0.441 e. The molecule has 0 amide bonds. The molecule has 0 aliphatic rings. The number of nitrogens with one attached hydrogen (secondary N) is 1. The van der Waals surface area contributed by atoms with E-state index in [0.29, 0.717) is 5.89 Å². The summed E-state index contributed by atoms with van der Waals surface area (Å²) in [5.41, 5.74) is 2.77. The predicted molar refractivity (Wildman–Crippen MR) is 77.6 cm³/mol. The molecule has 1 N–H and O–H groups in total. The van der Waals surface area contributed by atoms with Crippen LogP contribution in [0.25, 0.3) is 11.1 Å². The summed E-state index contributed by atoms with van der Waals surface area (Å²) in [5, 5.41) is 4.57. The number of hydrogen-bond donors (Lipinski definition) is 1. The Bertz CT molecular complexity index is 702. The van der Waals surface area contributed by atoms with Crippen LogP contribution in [0.15, 0.2) is 28.8 Å². The fourth-order valence-corrected chi connectivity index (χ4v) is 2.74. The van der Waals surface area contributed by atoms with Crippen LogP contribution in [-0.4, -0.2) is 9.97 Å². The average molecular weight is 273 g/mol. The first kappa shape index (κ1) is 12.2. The van der Waals surface area contributed by atoms with Crippen molar-refractivity contribution in [3.63, 3.8) is 0 Å². The number of anilines is 1. The molecule has 2 heterocycles. The summed E-state index contributed by atoms with van der Waals surface area (Å²) in [6, 6.07) is 5.96. The molecule has 19 heavy (non-hydrogen) atoms. The number of hydrogen-bond acceptors (Lipinski definition) is 5. The molecule has 0 aliphatic carbocycles. The maximum absolute atomic E-state index is 5.46. The van der Waals surface area contributed by atoms with Crippen LogP contribution < -0.4 is 5.32 Å². The molecule has 5 heteroatoms. The highest BCUT2D eigenvalue weighted by atomic mass is 32.1. The molecule has 0 saturated heterocycles. The van der Waals surface area contributed by atoms with Crippen molar-refractivity contribution in [1.82, 2.24) is 9.97 Å². The number of aromatic nitrogens is 2. The molecule has 3 rings (SSSR count). The zero-order chi connectivity index (χ0) is 13.2. The van der Waals surface area contributed by atoms with Crippen LogP contribution in [0.2, 0.25) is 0 Å². The Morgan fingerprint density at radius 1 is 1.37 bits per heavy atom. The lowest BCUT2D eigenvalue weighted by molar-refractivity contribution is 0.561. The normalized spacial score (nSPS) is 11.1. The van der Waals surface area contributed by atoms with Gasteiger partial charge in [0, 0.05) is 23.7 Å². The summed E-state index contributed by atoms with van der Waals surface area (Å²) < 4.78 is 5.46. The fraction of sp³-hybridized carbons (Fsp3) is 0.286. The number of benzene rings is 1. The third-order valence-corrected chi connectivity index (χ3v) is 4.01. The van der Waals surface area contributed by atoms with Crippen molar-refractivity contribution in [2.24, 2.45) is 0 Å². The summed E-state index contributed by atoms with van der Waals surface area (Å²) in [6.07, 6.45) is 2.93. The molecule has 0 radical (unpaired) electrons. The van der Waals surface area contributed by atoms with Gasteiger partial charge in [0.05, 0.1) is 11.6 Å². The van der Waals surface area contributed by atoms with Gasteiger partial charge in [0.15, 0.2) is 11.5 Å². The highest BCUT2D eigenvalue weighted by Gasteiger charge is 2.04. The second kappa shape index (κ2) is 5.01. The zero-order valence-electron chi connectivity index (χ0n) is 10.9. The molecule has 1 aromatic carbocycles. The number of thiazole rings is 1. The highest BCUT2D eigenvalue weighted by molar-refractivity contribution is 7.11. The lowest BCUT2D eigenvalue weighted by Crippen LogP contribution is -1.96. The van der Waals surface area contributed by atoms with Crippen LogP contribution in [0, 0.1) is 6.92 Å². The van der Waals surface area contributed by atoms with Crippen molar-refractivity contribution in [2.75, 3.05) is 5.32 Å². The van der Waals surface area contributed by atoms with E-state index in [2.05, 4.69) is 22.2 Å². The first-order chi connectivity index (χ1) is 9.24. The molecule has 0 bridgehead atoms. The van der Waals surface area contributed by atoms with Crippen LogP contribution in [0.3, 0.4) is 0 Å². The lowest BCUT2D eigenvalue weighted by atomic mass is 10.3. The van der Waals surface area contributed by atoms with Gasteiger partial charge in [-0.3, -0.25) is 0 Å². The molecule has 4 nitrogen and oxygen atoms in total. The average Bonchev–Trinajstić information content (AvgIpc) is 3.00. The van der Waals surface area contributed by atoms with Gasteiger partial charge < -0.3 is 9.73 Å². The van der Waals surface area contributed by atoms with Gasteiger partial charge in [-0.15, -0.1) is 11.3 Å². The quantitative estimate of drug-likeness (QED) is 0.786. The smallest absolute Gasteiger partial charge is 0.192 e. The Kier molecular flexibility index (Phi) is 3.21. The summed E-state index contributed by atoms with van der Waals surface area (Å²) in [5.74, 6) is 0.696. The van der Waals surface area contributed by atoms with Crippen LogP contribution in [0.5, 0.6) is 0 Å². The zero-order valence-corrected chi connectivity index (χ0v) is 11.8. The van der Waals surface area contributed by atoms with Gasteiger partial charge in [-0.2, -0.15) is 0 Å². The Balaban J connectivity index is 1.73. The van der Waals surface area contributed by atoms with E-state index >= 15 is 0 Å². The van der Waals surface area contributed by atoms with E-state index in [9.17, 15) is 0 Å². The van der Waals surface area contributed by atoms with Gasteiger partial charge in [0.2, 0.25) is 0 Å². The molecular formula is C14H15N3OS. The molecule has 3 aromatic rings. The van der Waals surface area contributed by atoms with E-state index < -0.39 is 0 Å². The molecule has 98 valence electrons. The topological polar surface area (TPSA) is 51.0 Å². The van der Waals surface area contributed by atoms with Crippen molar-refractivity contribution in [2.45, 2.75) is 26.8 Å². The molecule has 2 aromatic heterocycles. The van der Waals surface area contributed by atoms with E-state index in [1.165, 1.54) is 9.88 Å². The van der Waals surface area contributed by atoms with Gasteiger partial charge in [0.1, 0.15) is 5.52 Å². The van der Waals surface area contributed by atoms with Gasteiger partial charge in [-0.1, -0.05) is 6.92 Å². The van der Waals surface area contributed by atoms with E-state index in [-0.39, 0.29) is 0 Å². The molecule has 0 atom stereocenters. The molecule has 0 aliphatic heterocycles. The van der Waals surface area contributed by atoms with Crippen LogP contribution in [0.1, 0.15) is 22.7 Å². The molecule has 0 fully saturated rings. The van der Waals surface area contributed by atoms with E-state index in [1.54, 1.807) is 11.3 Å². The van der Waals surface area contributed by atoms with Crippen LogP contribution in [-0.2, 0) is 13.0 Å². The number of aryl methyl sites for hydroxylation is 2. The van der Waals surface area contributed by atoms with E-state index in [4.69, 9.17) is 4.42 Å². The molecule has 0 saturated carbocycles. The first-order valence-corrected chi connectivity index (χ1v) is 7.11. The first-order valence-electron chi connectivity index (χ1n) is 6.29. The third kappa shape index (κ3) is 2.61. The minimum atomic E-state index is 0.696. The Morgan fingerprint density at radius 2 is 2.26 bits per heavy atom. The van der Waals surface area contributed by atoms with Crippen molar-refractivity contribution in [3.05, 3.63) is 40.2 Å². The Labute approximate surface area is 115 Å². The minimum absolute atomic E-state index is 0.696. The van der Waals surface area contributed by atoms with Crippen molar-refractivity contribution >= 4 is 28.1 Å². The summed E-state index contributed by atoms with van der Waals surface area (Å²) >= 11 is 1.75. The van der Waals surface area contributed by atoms with Crippen LogP contribution >= 0.6 is 11.3 Å². The second-order valence-corrected chi connectivity index (χ2v) is 5.54. The van der Waals surface area contributed by atoms with Crippen LogP contribution in [0.4, 0.5) is 5.69 Å². The SMILES string of the molecule is CCc1ncc(CNc2ccc3oc(C)nc3c2)s1. The number of rotatable bonds is 4. The lowest BCUT2D eigenvalue weighted by Gasteiger charge is -2.03. The Morgan fingerprint density at radius 3 is 3.05 bits per heavy atom. The molecule has 0 spiro atoms.